The number of rotatable bonds is 8. The summed E-state index contributed by atoms with van der Waals surface area (Å²) in [6, 6.07) is 11.2. The van der Waals surface area contributed by atoms with E-state index in [0.717, 1.165) is 16.8 Å². The number of carbonyl (C=O) groups is 2. The molecule has 168 valence electrons. The number of aliphatic imine (C=N–C) groups is 1. The van der Waals surface area contributed by atoms with E-state index in [-0.39, 0.29) is 19.1 Å². The smallest absolute Gasteiger partial charge is 0.344 e. The van der Waals surface area contributed by atoms with Gasteiger partial charge in [-0.25, -0.2) is 9.79 Å². The van der Waals surface area contributed by atoms with E-state index in [1.807, 2.05) is 38.1 Å². The maximum absolute atomic E-state index is 12.5. The third kappa shape index (κ3) is 6.37. The fraction of sp³-hybridized carbons (Fsp3) is 0.261. The maximum Gasteiger partial charge on any atom is 0.344 e. The van der Waals surface area contributed by atoms with Crippen LogP contribution in [0.25, 0.3) is 6.08 Å². The number of amides is 1. The predicted molar refractivity (Wildman–Crippen MR) is 129 cm³/mol. The number of amidine groups is 1. The zero-order valence-corrected chi connectivity index (χ0v) is 20.3. The third-order valence-corrected chi connectivity index (χ3v) is 5.81. The minimum Gasteiger partial charge on any atom is -0.490 e. The molecule has 32 heavy (non-hydrogen) atoms. The summed E-state index contributed by atoms with van der Waals surface area (Å²) in [5.74, 6) is 0.174. The highest BCUT2D eigenvalue weighted by molar-refractivity contribution is 9.10. The molecule has 1 fully saturated rings. The quantitative estimate of drug-likeness (QED) is 0.391. The fourth-order valence-electron chi connectivity index (χ4n) is 2.74. The van der Waals surface area contributed by atoms with Gasteiger partial charge in [0.25, 0.3) is 5.91 Å². The Hall–Kier alpha value is -2.78. The van der Waals surface area contributed by atoms with Crippen molar-refractivity contribution in [2.75, 3.05) is 19.8 Å². The standard InChI is InChI=1S/C23H23BrN2O5S/c1-4-29-18-10-15(17(24)12-19(18)31-13-21(27)30-5-2)11-20-22(28)26-23(32-20)25-16-8-6-14(3)7-9-16/h6-12H,4-5,13H2,1-3H3,(H,25,26,28)/b20-11+. The van der Waals surface area contributed by atoms with Crippen LogP contribution in [-0.2, 0) is 14.3 Å². The summed E-state index contributed by atoms with van der Waals surface area (Å²) in [5.41, 5.74) is 2.64. The summed E-state index contributed by atoms with van der Waals surface area (Å²) >= 11 is 4.77. The van der Waals surface area contributed by atoms with Crippen LogP contribution >= 0.6 is 27.7 Å². The number of ether oxygens (including phenoxy) is 3. The lowest BCUT2D eigenvalue weighted by Crippen LogP contribution is -2.19. The average Bonchev–Trinajstić information content (AvgIpc) is 3.10. The number of benzene rings is 2. The lowest BCUT2D eigenvalue weighted by atomic mass is 10.2. The van der Waals surface area contributed by atoms with E-state index in [1.54, 1.807) is 25.1 Å². The van der Waals surface area contributed by atoms with Crippen LogP contribution in [0.2, 0.25) is 0 Å². The molecule has 7 nitrogen and oxygen atoms in total. The normalized spacial score (nSPS) is 15.7. The second-order valence-corrected chi connectivity index (χ2v) is 8.55. The summed E-state index contributed by atoms with van der Waals surface area (Å²) in [4.78, 5) is 29.1. The molecule has 0 aromatic heterocycles. The molecule has 1 amide bonds. The lowest BCUT2D eigenvalue weighted by Gasteiger charge is -2.13. The van der Waals surface area contributed by atoms with Crippen LogP contribution < -0.4 is 14.8 Å². The van der Waals surface area contributed by atoms with Crippen molar-refractivity contribution in [3.8, 4) is 11.5 Å². The highest BCUT2D eigenvalue weighted by atomic mass is 79.9. The van der Waals surface area contributed by atoms with Crippen LogP contribution in [0.15, 0.2) is 50.8 Å². The molecule has 1 aliphatic rings. The van der Waals surface area contributed by atoms with Crippen molar-refractivity contribution in [1.82, 2.24) is 5.32 Å². The maximum atomic E-state index is 12.5. The van der Waals surface area contributed by atoms with Crippen LogP contribution in [0, 0.1) is 6.92 Å². The summed E-state index contributed by atoms with van der Waals surface area (Å²) in [6.07, 6.45) is 1.75. The number of halogens is 1. The van der Waals surface area contributed by atoms with E-state index in [1.165, 1.54) is 11.8 Å². The van der Waals surface area contributed by atoms with E-state index in [2.05, 4.69) is 26.2 Å². The molecule has 2 aromatic carbocycles. The minimum atomic E-state index is -0.461. The summed E-state index contributed by atoms with van der Waals surface area (Å²) < 4.78 is 16.8. The molecule has 1 saturated heterocycles. The van der Waals surface area contributed by atoms with Crippen LogP contribution in [0.5, 0.6) is 11.5 Å². The Morgan fingerprint density at radius 2 is 1.84 bits per heavy atom. The molecule has 0 spiro atoms. The number of thioether (sulfide) groups is 1. The lowest BCUT2D eigenvalue weighted by molar-refractivity contribution is -0.145. The van der Waals surface area contributed by atoms with Gasteiger partial charge in [-0.2, -0.15) is 0 Å². The number of carbonyl (C=O) groups excluding carboxylic acids is 2. The zero-order valence-electron chi connectivity index (χ0n) is 17.9. The third-order valence-electron chi connectivity index (χ3n) is 4.22. The van der Waals surface area contributed by atoms with Crippen LogP contribution in [0.3, 0.4) is 0 Å². The van der Waals surface area contributed by atoms with E-state index in [9.17, 15) is 9.59 Å². The van der Waals surface area contributed by atoms with Gasteiger partial charge < -0.3 is 19.5 Å². The van der Waals surface area contributed by atoms with Crippen molar-refractivity contribution in [3.63, 3.8) is 0 Å². The van der Waals surface area contributed by atoms with Crippen molar-refractivity contribution in [1.29, 1.82) is 0 Å². The first-order valence-corrected chi connectivity index (χ1v) is 11.6. The molecule has 1 heterocycles. The number of hydrogen-bond acceptors (Lipinski definition) is 7. The number of nitrogens with one attached hydrogen (secondary N) is 1. The van der Waals surface area contributed by atoms with Crippen LogP contribution in [0.4, 0.5) is 5.69 Å². The first-order chi connectivity index (χ1) is 15.4. The second-order valence-electron chi connectivity index (χ2n) is 6.66. The SMILES string of the molecule is CCOC(=O)COc1cc(Br)c(/C=C2/SC(=Nc3ccc(C)cc3)NC2=O)cc1OCC. The van der Waals surface area contributed by atoms with Gasteiger partial charge in [0.05, 0.1) is 23.8 Å². The second kappa shape index (κ2) is 11.2. The van der Waals surface area contributed by atoms with Gasteiger partial charge in [-0.1, -0.05) is 33.6 Å². The minimum absolute atomic E-state index is 0.224. The zero-order chi connectivity index (χ0) is 23.1. The first-order valence-electron chi connectivity index (χ1n) is 10.0. The molecule has 2 aromatic rings. The predicted octanol–water partition coefficient (Wildman–Crippen LogP) is 4.99. The molecular formula is C23H23BrN2O5S. The molecule has 3 rings (SSSR count). The van der Waals surface area contributed by atoms with Gasteiger partial charge >= 0.3 is 5.97 Å². The number of nitrogens with zero attached hydrogens (tertiary/aromatic N) is 1. The van der Waals surface area contributed by atoms with Gasteiger partial charge in [0.1, 0.15) is 0 Å². The van der Waals surface area contributed by atoms with Crippen molar-refractivity contribution in [2.24, 2.45) is 4.99 Å². The molecule has 1 N–H and O–H groups in total. The van der Waals surface area contributed by atoms with Crippen molar-refractivity contribution in [3.05, 3.63) is 56.9 Å². The van der Waals surface area contributed by atoms with Gasteiger partial charge in [0, 0.05) is 4.47 Å². The van der Waals surface area contributed by atoms with Gasteiger partial charge in [-0.3, -0.25) is 4.79 Å². The van der Waals surface area contributed by atoms with E-state index < -0.39 is 5.97 Å². The Labute approximate surface area is 199 Å². The van der Waals surface area contributed by atoms with E-state index in [4.69, 9.17) is 14.2 Å². The molecule has 0 aliphatic carbocycles. The van der Waals surface area contributed by atoms with Crippen molar-refractivity contribution < 1.29 is 23.8 Å². The monoisotopic (exact) mass is 518 g/mol. The number of hydrogen-bond donors (Lipinski definition) is 1. The van der Waals surface area contributed by atoms with Crippen molar-refractivity contribution in [2.45, 2.75) is 20.8 Å². The average molecular weight is 519 g/mol. The van der Waals surface area contributed by atoms with Gasteiger partial charge in [-0.15, -0.1) is 0 Å². The Balaban J connectivity index is 1.82. The Kier molecular flexibility index (Phi) is 8.35. The molecule has 0 saturated carbocycles. The molecular weight excluding hydrogens is 496 g/mol. The summed E-state index contributed by atoms with van der Waals surface area (Å²) in [5, 5.41) is 3.30. The van der Waals surface area contributed by atoms with E-state index in [0.29, 0.717) is 32.7 Å². The molecule has 0 bridgehead atoms. The Morgan fingerprint density at radius 3 is 2.53 bits per heavy atom. The summed E-state index contributed by atoms with van der Waals surface area (Å²) in [6.45, 7) is 6.06. The van der Waals surface area contributed by atoms with Crippen LogP contribution in [0.1, 0.15) is 25.0 Å². The Morgan fingerprint density at radius 1 is 1.12 bits per heavy atom. The van der Waals surface area contributed by atoms with E-state index >= 15 is 0 Å². The Bertz CT molecular complexity index is 1070. The van der Waals surface area contributed by atoms with Crippen molar-refractivity contribution >= 4 is 56.5 Å². The first kappa shape index (κ1) is 23.9. The molecule has 9 heteroatoms. The highest BCUT2D eigenvalue weighted by Crippen LogP contribution is 2.37. The molecule has 0 unspecified atom stereocenters. The largest absolute Gasteiger partial charge is 0.490 e. The van der Waals surface area contributed by atoms with Gasteiger partial charge in [-0.05, 0) is 68.4 Å². The summed E-state index contributed by atoms with van der Waals surface area (Å²) in [7, 11) is 0. The molecule has 1 aliphatic heterocycles. The topological polar surface area (TPSA) is 86.2 Å². The highest BCUT2D eigenvalue weighted by Gasteiger charge is 2.24. The number of aryl methyl sites for hydroxylation is 1. The molecule has 0 atom stereocenters. The molecule has 0 radical (unpaired) electrons. The van der Waals surface area contributed by atoms with Gasteiger partial charge in [0.15, 0.2) is 23.3 Å². The van der Waals surface area contributed by atoms with Crippen LogP contribution in [-0.4, -0.2) is 36.9 Å². The fourth-order valence-corrected chi connectivity index (χ4v) is 4.01. The van der Waals surface area contributed by atoms with Gasteiger partial charge in [0.2, 0.25) is 0 Å². The number of esters is 1.